The smallest absolute Gasteiger partial charge is 0.269 e. The topological polar surface area (TPSA) is 97.0 Å². The summed E-state index contributed by atoms with van der Waals surface area (Å²) in [5.41, 5.74) is 4.10. The van der Waals surface area contributed by atoms with Gasteiger partial charge in [0.15, 0.2) is 11.5 Å². The van der Waals surface area contributed by atoms with Crippen molar-refractivity contribution in [3.8, 4) is 11.5 Å². The lowest BCUT2D eigenvalue weighted by atomic mass is 10.2. The van der Waals surface area contributed by atoms with Crippen LogP contribution in [0.3, 0.4) is 0 Å². The van der Waals surface area contributed by atoms with Gasteiger partial charge in [-0.25, -0.2) is 0 Å². The van der Waals surface area contributed by atoms with Gasteiger partial charge in [-0.1, -0.05) is 0 Å². The number of aromatic hydroxyl groups is 1. The van der Waals surface area contributed by atoms with Crippen LogP contribution in [0.4, 0.5) is 11.4 Å². The molecule has 0 unspecified atom stereocenters. The van der Waals surface area contributed by atoms with Gasteiger partial charge >= 0.3 is 0 Å². The second-order valence-electron chi connectivity index (χ2n) is 4.23. The largest absolute Gasteiger partial charge is 0.503 e. The molecule has 0 aliphatic rings. The predicted octanol–water partition coefficient (Wildman–Crippen LogP) is 3.52. The second-order valence-corrected chi connectivity index (χ2v) is 5.08. The number of nitrogens with zero attached hydrogens (tertiary/aromatic N) is 2. The third-order valence-corrected chi connectivity index (χ3v) is 3.36. The van der Waals surface area contributed by atoms with Crippen molar-refractivity contribution in [3.05, 3.63) is 56.5 Å². The Hall–Kier alpha value is -2.61. The lowest BCUT2D eigenvalue weighted by Gasteiger charge is -2.06. The van der Waals surface area contributed by atoms with Crippen LogP contribution in [0, 0.1) is 10.1 Å². The number of methoxy groups -OCH3 is 1. The average molecular weight is 366 g/mol. The predicted molar refractivity (Wildman–Crippen MR) is 86.7 cm³/mol. The number of hydrogen-bond donors (Lipinski definition) is 2. The Labute approximate surface area is 134 Å². The fourth-order valence-corrected chi connectivity index (χ4v) is 2.12. The van der Waals surface area contributed by atoms with Crippen molar-refractivity contribution >= 4 is 33.5 Å². The molecule has 0 aliphatic heterocycles. The fraction of sp³-hybridized carbons (Fsp3) is 0.0714. The van der Waals surface area contributed by atoms with Gasteiger partial charge in [0.25, 0.3) is 5.69 Å². The van der Waals surface area contributed by atoms with Crippen LogP contribution < -0.4 is 10.2 Å². The lowest BCUT2D eigenvalue weighted by Crippen LogP contribution is -1.93. The van der Waals surface area contributed by atoms with Crippen LogP contribution >= 0.6 is 15.9 Å². The molecule has 2 aromatic rings. The third kappa shape index (κ3) is 3.73. The molecule has 22 heavy (non-hydrogen) atoms. The highest BCUT2D eigenvalue weighted by Crippen LogP contribution is 2.34. The van der Waals surface area contributed by atoms with Crippen molar-refractivity contribution in [2.45, 2.75) is 0 Å². The first-order valence-electron chi connectivity index (χ1n) is 6.11. The van der Waals surface area contributed by atoms with Crippen molar-refractivity contribution in [2.75, 3.05) is 12.5 Å². The quantitative estimate of drug-likeness (QED) is 0.480. The van der Waals surface area contributed by atoms with Crippen molar-refractivity contribution in [2.24, 2.45) is 5.10 Å². The maximum absolute atomic E-state index is 10.5. The van der Waals surface area contributed by atoms with Gasteiger partial charge in [-0.3, -0.25) is 15.5 Å². The molecule has 0 bridgehead atoms. The van der Waals surface area contributed by atoms with E-state index in [2.05, 4.69) is 26.5 Å². The monoisotopic (exact) mass is 365 g/mol. The van der Waals surface area contributed by atoms with Gasteiger partial charge in [0.05, 0.1) is 28.4 Å². The van der Waals surface area contributed by atoms with Crippen LogP contribution in [-0.2, 0) is 0 Å². The normalized spacial score (nSPS) is 10.6. The molecule has 0 amide bonds. The molecule has 0 radical (unpaired) electrons. The number of rotatable bonds is 5. The minimum atomic E-state index is -0.465. The molecule has 0 spiro atoms. The molecule has 0 atom stereocenters. The summed E-state index contributed by atoms with van der Waals surface area (Å²) in [7, 11) is 1.46. The number of hydrazone groups is 1. The molecule has 0 aromatic heterocycles. The number of anilines is 1. The van der Waals surface area contributed by atoms with Crippen molar-refractivity contribution in [3.63, 3.8) is 0 Å². The number of nitro groups is 1. The van der Waals surface area contributed by atoms with Crippen LogP contribution in [0.1, 0.15) is 5.56 Å². The summed E-state index contributed by atoms with van der Waals surface area (Å²) < 4.78 is 5.53. The average Bonchev–Trinajstić information content (AvgIpc) is 2.51. The zero-order valence-electron chi connectivity index (χ0n) is 11.5. The van der Waals surface area contributed by atoms with Gasteiger partial charge in [0, 0.05) is 12.1 Å². The van der Waals surface area contributed by atoms with E-state index in [1.165, 1.54) is 25.5 Å². The zero-order valence-corrected chi connectivity index (χ0v) is 13.1. The number of nitrogens with one attached hydrogen (secondary N) is 1. The van der Waals surface area contributed by atoms with Crippen molar-refractivity contribution < 1.29 is 14.8 Å². The number of non-ortho nitro benzene ring substituents is 1. The Morgan fingerprint density at radius 3 is 2.64 bits per heavy atom. The van der Waals surface area contributed by atoms with E-state index in [4.69, 9.17) is 4.74 Å². The van der Waals surface area contributed by atoms with Gasteiger partial charge < -0.3 is 9.84 Å². The van der Waals surface area contributed by atoms with Crippen molar-refractivity contribution in [1.82, 2.24) is 0 Å². The molecule has 0 saturated carbocycles. The lowest BCUT2D eigenvalue weighted by molar-refractivity contribution is -0.384. The first-order chi connectivity index (χ1) is 10.5. The van der Waals surface area contributed by atoms with Gasteiger partial charge in [-0.05, 0) is 45.8 Å². The molecule has 8 heteroatoms. The molecule has 0 fully saturated rings. The second kappa shape index (κ2) is 6.90. The number of phenolic OH excluding ortho intramolecular Hbond substituents is 1. The van der Waals surface area contributed by atoms with E-state index in [1.807, 2.05) is 0 Å². The molecule has 0 saturated heterocycles. The Balaban J connectivity index is 2.09. The molecular formula is C14H12BrN3O4. The highest BCUT2D eigenvalue weighted by Gasteiger charge is 2.07. The minimum absolute atomic E-state index is 0.0155. The summed E-state index contributed by atoms with van der Waals surface area (Å²) in [4.78, 5) is 10.1. The number of benzene rings is 2. The number of hydrogen-bond acceptors (Lipinski definition) is 6. The number of nitro benzene ring substituents is 1. The number of ether oxygens (including phenoxy) is 1. The summed E-state index contributed by atoms with van der Waals surface area (Å²) in [6.45, 7) is 0. The Morgan fingerprint density at radius 1 is 1.36 bits per heavy atom. The van der Waals surface area contributed by atoms with Gasteiger partial charge in [-0.2, -0.15) is 5.10 Å². The van der Waals surface area contributed by atoms with E-state index >= 15 is 0 Å². The van der Waals surface area contributed by atoms with Crippen LogP contribution in [0.2, 0.25) is 0 Å². The summed E-state index contributed by atoms with van der Waals surface area (Å²) in [5.74, 6) is 0.342. The maximum atomic E-state index is 10.5. The maximum Gasteiger partial charge on any atom is 0.269 e. The highest BCUT2D eigenvalue weighted by atomic mass is 79.9. The van der Waals surface area contributed by atoms with Crippen LogP contribution in [0.5, 0.6) is 11.5 Å². The Bertz CT molecular complexity index is 717. The molecule has 2 rings (SSSR count). The standard InChI is InChI=1S/C14H12BrN3O4/c1-22-13-7-9(6-12(15)14(13)19)8-16-17-10-2-4-11(5-3-10)18(20)21/h2-8,17,19H,1H3/b16-8+. The van der Waals surface area contributed by atoms with Crippen LogP contribution in [0.15, 0.2) is 46.0 Å². The summed E-state index contributed by atoms with van der Waals surface area (Å²) >= 11 is 3.22. The van der Waals surface area contributed by atoms with Gasteiger partial charge in [0.1, 0.15) is 0 Å². The van der Waals surface area contributed by atoms with E-state index in [0.29, 0.717) is 21.5 Å². The fourth-order valence-electron chi connectivity index (χ4n) is 1.66. The van der Waals surface area contributed by atoms with E-state index in [0.717, 1.165) is 0 Å². The molecular weight excluding hydrogens is 354 g/mol. The van der Waals surface area contributed by atoms with Crippen LogP contribution in [-0.4, -0.2) is 23.4 Å². The van der Waals surface area contributed by atoms with E-state index in [1.54, 1.807) is 24.3 Å². The SMILES string of the molecule is COc1cc(/C=N/Nc2ccc([N+](=O)[O-])cc2)cc(Br)c1O. The molecule has 0 heterocycles. The van der Waals surface area contributed by atoms with E-state index < -0.39 is 4.92 Å². The van der Waals surface area contributed by atoms with Gasteiger partial charge in [0.2, 0.25) is 0 Å². The number of phenols is 1. The molecule has 2 N–H and O–H groups in total. The van der Waals surface area contributed by atoms with Crippen molar-refractivity contribution in [1.29, 1.82) is 0 Å². The summed E-state index contributed by atoms with van der Waals surface area (Å²) in [5, 5.41) is 24.3. The first kappa shape index (κ1) is 15.8. The van der Waals surface area contributed by atoms with E-state index in [9.17, 15) is 15.2 Å². The van der Waals surface area contributed by atoms with Crippen LogP contribution in [0.25, 0.3) is 0 Å². The summed E-state index contributed by atoms with van der Waals surface area (Å²) in [6.07, 6.45) is 1.54. The molecule has 0 aliphatic carbocycles. The Kier molecular flexibility index (Phi) is 4.95. The highest BCUT2D eigenvalue weighted by molar-refractivity contribution is 9.10. The summed E-state index contributed by atoms with van der Waals surface area (Å²) in [6, 6.07) is 9.20. The molecule has 7 nitrogen and oxygen atoms in total. The minimum Gasteiger partial charge on any atom is -0.503 e. The van der Waals surface area contributed by atoms with Gasteiger partial charge in [-0.15, -0.1) is 0 Å². The molecule has 2 aromatic carbocycles. The Morgan fingerprint density at radius 2 is 2.05 bits per heavy atom. The number of halogens is 1. The third-order valence-electron chi connectivity index (χ3n) is 2.76. The van der Waals surface area contributed by atoms with E-state index in [-0.39, 0.29) is 11.4 Å². The first-order valence-corrected chi connectivity index (χ1v) is 6.90. The zero-order chi connectivity index (χ0) is 16.1. The molecule has 114 valence electrons.